The first kappa shape index (κ1) is 14.8. The van der Waals surface area contributed by atoms with E-state index in [4.69, 9.17) is 18.0 Å². The summed E-state index contributed by atoms with van der Waals surface area (Å²) in [5.74, 6) is -0.0544. The number of nitrogen functional groups attached to an aromatic ring is 1. The number of carbonyl (C=O) groups excluding carboxylic acids is 1. The van der Waals surface area contributed by atoms with Gasteiger partial charge in [-0.05, 0) is 29.3 Å². The van der Waals surface area contributed by atoms with Gasteiger partial charge in [0.05, 0.1) is 11.4 Å². The van der Waals surface area contributed by atoms with Crippen molar-refractivity contribution in [1.82, 2.24) is 4.90 Å². The Labute approximate surface area is 138 Å². The van der Waals surface area contributed by atoms with E-state index in [1.165, 1.54) is 11.8 Å². The van der Waals surface area contributed by atoms with E-state index < -0.39 is 0 Å². The number of thiocarbonyl (C=S) groups is 1. The van der Waals surface area contributed by atoms with Gasteiger partial charge in [-0.3, -0.25) is 9.69 Å². The molecule has 0 atom stereocenters. The van der Waals surface area contributed by atoms with Gasteiger partial charge in [0.25, 0.3) is 5.91 Å². The third-order valence-corrected chi connectivity index (χ3v) is 4.64. The molecular formula is C17H14N2OS2. The smallest absolute Gasteiger partial charge is 0.266 e. The summed E-state index contributed by atoms with van der Waals surface area (Å²) in [5, 5.41) is 0. The Kier molecular flexibility index (Phi) is 4.27. The van der Waals surface area contributed by atoms with Crippen LogP contribution in [0.4, 0.5) is 5.69 Å². The molecule has 0 aromatic heterocycles. The highest BCUT2D eigenvalue weighted by molar-refractivity contribution is 8.26. The van der Waals surface area contributed by atoms with Crippen molar-refractivity contribution >= 4 is 46.0 Å². The average Bonchev–Trinajstić information content (AvgIpc) is 2.76. The van der Waals surface area contributed by atoms with Gasteiger partial charge in [0.1, 0.15) is 4.32 Å². The maximum atomic E-state index is 12.5. The third-order valence-electron chi connectivity index (χ3n) is 3.27. The summed E-state index contributed by atoms with van der Waals surface area (Å²) in [7, 11) is 0. The van der Waals surface area contributed by atoms with Crippen molar-refractivity contribution in [2.24, 2.45) is 0 Å². The Balaban J connectivity index is 1.82. The van der Waals surface area contributed by atoms with Gasteiger partial charge in [-0.15, -0.1) is 0 Å². The van der Waals surface area contributed by atoms with Crippen LogP contribution in [0.3, 0.4) is 0 Å². The molecule has 1 heterocycles. The summed E-state index contributed by atoms with van der Waals surface area (Å²) >= 11 is 6.67. The molecule has 1 amide bonds. The summed E-state index contributed by atoms with van der Waals surface area (Å²) in [6, 6.07) is 17.3. The Hall–Kier alpha value is -2.11. The minimum Gasteiger partial charge on any atom is -0.399 e. The Morgan fingerprint density at radius 2 is 1.91 bits per heavy atom. The number of hydrogen-bond donors (Lipinski definition) is 1. The van der Waals surface area contributed by atoms with Crippen molar-refractivity contribution in [3.05, 3.63) is 70.6 Å². The number of benzene rings is 2. The summed E-state index contributed by atoms with van der Waals surface area (Å²) in [6.45, 7) is 0.500. The van der Waals surface area contributed by atoms with Crippen molar-refractivity contribution in [2.75, 3.05) is 5.73 Å². The second-order valence-corrected chi connectivity index (χ2v) is 6.60. The quantitative estimate of drug-likeness (QED) is 0.531. The van der Waals surface area contributed by atoms with Gasteiger partial charge in [0, 0.05) is 5.69 Å². The number of amides is 1. The molecule has 0 saturated carbocycles. The second kappa shape index (κ2) is 6.34. The first-order valence-corrected chi connectivity index (χ1v) is 8.01. The van der Waals surface area contributed by atoms with Gasteiger partial charge in [-0.1, -0.05) is 66.4 Å². The predicted octanol–water partition coefficient (Wildman–Crippen LogP) is 3.67. The number of anilines is 1. The molecule has 3 rings (SSSR count). The normalized spacial score (nSPS) is 16.5. The maximum absolute atomic E-state index is 12.5. The number of hydrogen-bond acceptors (Lipinski definition) is 4. The third kappa shape index (κ3) is 3.21. The largest absolute Gasteiger partial charge is 0.399 e. The second-order valence-electron chi connectivity index (χ2n) is 4.92. The SMILES string of the molecule is Nc1cccc(C=C2SC(=S)N(Cc3ccccc3)C2=O)c1. The molecular weight excluding hydrogens is 312 g/mol. The number of rotatable bonds is 3. The van der Waals surface area contributed by atoms with Crippen LogP contribution in [0.2, 0.25) is 0 Å². The van der Waals surface area contributed by atoms with Crippen LogP contribution in [0.25, 0.3) is 6.08 Å². The van der Waals surface area contributed by atoms with Crippen LogP contribution in [-0.2, 0) is 11.3 Å². The number of carbonyl (C=O) groups is 1. The van der Waals surface area contributed by atoms with Crippen LogP contribution in [-0.4, -0.2) is 15.1 Å². The van der Waals surface area contributed by atoms with Crippen LogP contribution >= 0.6 is 24.0 Å². The van der Waals surface area contributed by atoms with Gasteiger partial charge in [-0.25, -0.2) is 0 Å². The minimum absolute atomic E-state index is 0.0544. The number of nitrogens with zero attached hydrogens (tertiary/aromatic N) is 1. The molecule has 2 aromatic carbocycles. The van der Waals surface area contributed by atoms with Gasteiger partial charge < -0.3 is 5.73 Å². The topological polar surface area (TPSA) is 46.3 Å². The Bertz CT molecular complexity index is 756. The molecule has 110 valence electrons. The Morgan fingerprint density at radius 3 is 2.64 bits per heavy atom. The highest BCUT2D eigenvalue weighted by atomic mass is 32.2. The summed E-state index contributed by atoms with van der Waals surface area (Å²) in [5.41, 5.74) is 8.40. The molecule has 2 N–H and O–H groups in total. The maximum Gasteiger partial charge on any atom is 0.266 e. The monoisotopic (exact) mass is 326 g/mol. The lowest BCUT2D eigenvalue weighted by Gasteiger charge is -2.14. The van der Waals surface area contributed by atoms with Crippen molar-refractivity contribution in [2.45, 2.75) is 6.54 Å². The molecule has 22 heavy (non-hydrogen) atoms. The van der Waals surface area contributed by atoms with Crippen molar-refractivity contribution < 1.29 is 4.79 Å². The Morgan fingerprint density at radius 1 is 1.14 bits per heavy atom. The molecule has 3 nitrogen and oxygen atoms in total. The number of thioether (sulfide) groups is 1. The first-order valence-electron chi connectivity index (χ1n) is 6.78. The van der Waals surface area contributed by atoms with Crippen LogP contribution in [0.1, 0.15) is 11.1 Å². The molecule has 5 heteroatoms. The fraction of sp³-hybridized carbons (Fsp3) is 0.0588. The van der Waals surface area contributed by atoms with Crippen molar-refractivity contribution in [3.8, 4) is 0 Å². The van der Waals surface area contributed by atoms with E-state index in [1.807, 2.05) is 60.7 Å². The van der Waals surface area contributed by atoms with E-state index in [0.717, 1.165) is 11.1 Å². The summed E-state index contributed by atoms with van der Waals surface area (Å²) in [4.78, 5) is 14.8. The van der Waals surface area contributed by atoms with E-state index in [2.05, 4.69) is 0 Å². The van der Waals surface area contributed by atoms with Crippen molar-refractivity contribution in [1.29, 1.82) is 0 Å². The van der Waals surface area contributed by atoms with Crippen LogP contribution in [0.5, 0.6) is 0 Å². The van der Waals surface area contributed by atoms with Crippen molar-refractivity contribution in [3.63, 3.8) is 0 Å². The molecule has 1 aliphatic rings. The lowest BCUT2D eigenvalue weighted by molar-refractivity contribution is -0.122. The van der Waals surface area contributed by atoms with Crippen LogP contribution < -0.4 is 5.73 Å². The molecule has 0 spiro atoms. The van der Waals surface area contributed by atoms with E-state index >= 15 is 0 Å². The summed E-state index contributed by atoms with van der Waals surface area (Å²) < 4.78 is 0.587. The van der Waals surface area contributed by atoms with Gasteiger partial charge in [0.15, 0.2) is 0 Å². The van der Waals surface area contributed by atoms with E-state index in [1.54, 1.807) is 4.90 Å². The molecule has 0 radical (unpaired) electrons. The zero-order chi connectivity index (χ0) is 15.5. The van der Waals surface area contributed by atoms with Crippen LogP contribution in [0.15, 0.2) is 59.5 Å². The van der Waals surface area contributed by atoms with Gasteiger partial charge in [0.2, 0.25) is 0 Å². The fourth-order valence-corrected chi connectivity index (χ4v) is 3.46. The molecule has 0 bridgehead atoms. The van der Waals surface area contributed by atoms with E-state index in [-0.39, 0.29) is 5.91 Å². The lowest BCUT2D eigenvalue weighted by Crippen LogP contribution is -2.27. The highest BCUT2D eigenvalue weighted by Crippen LogP contribution is 2.33. The van der Waals surface area contributed by atoms with Crippen LogP contribution in [0, 0.1) is 0 Å². The van der Waals surface area contributed by atoms with Gasteiger partial charge >= 0.3 is 0 Å². The average molecular weight is 326 g/mol. The molecule has 0 aliphatic carbocycles. The minimum atomic E-state index is -0.0544. The first-order chi connectivity index (χ1) is 10.6. The predicted molar refractivity (Wildman–Crippen MR) is 96.0 cm³/mol. The highest BCUT2D eigenvalue weighted by Gasteiger charge is 2.31. The fourth-order valence-electron chi connectivity index (χ4n) is 2.20. The van der Waals surface area contributed by atoms with E-state index in [9.17, 15) is 4.79 Å². The van der Waals surface area contributed by atoms with E-state index in [0.29, 0.717) is 21.5 Å². The molecule has 1 aliphatic heterocycles. The lowest BCUT2D eigenvalue weighted by atomic mass is 10.2. The van der Waals surface area contributed by atoms with Gasteiger partial charge in [-0.2, -0.15) is 0 Å². The zero-order valence-corrected chi connectivity index (χ0v) is 13.4. The molecule has 1 saturated heterocycles. The standard InChI is InChI=1S/C17H14N2OS2/c18-14-8-4-7-13(9-14)10-15-16(20)19(17(21)22-15)11-12-5-2-1-3-6-12/h1-10H,11,18H2. The molecule has 2 aromatic rings. The zero-order valence-electron chi connectivity index (χ0n) is 11.7. The molecule has 1 fully saturated rings. The summed E-state index contributed by atoms with van der Waals surface area (Å²) in [6.07, 6.45) is 1.83. The molecule has 0 unspecified atom stereocenters. The number of nitrogens with two attached hydrogens (primary N) is 1.